The maximum atomic E-state index is 5.12. The number of nitrogens with one attached hydrogen (secondary N) is 1. The molecule has 0 aliphatic heterocycles. The molecule has 0 spiro atoms. The third-order valence-electron chi connectivity index (χ3n) is 2.94. The summed E-state index contributed by atoms with van der Waals surface area (Å²) < 4.78 is 5.12. The van der Waals surface area contributed by atoms with Gasteiger partial charge < -0.3 is 10.1 Å². The minimum absolute atomic E-state index is 0.374. The highest BCUT2D eigenvalue weighted by molar-refractivity contribution is 5.85. The zero-order chi connectivity index (χ0) is 12.1. The maximum Gasteiger partial charge on any atom is 0.0613 e. The molecule has 2 rings (SSSR count). The van der Waals surface area contributed by atoms with Crippen LogP contribution in [0.5, 0.6) is 0 Å². The van der Waals surface area contributed by atoms with Crippen molar-refractivity contribution in [2.45, 2.75) is 19.5 Å². The molecule has 1 atom stereocenters. The molecule has 0 aliphatic rings. The van der Waals surface area contributed by atoms with Crippen LogP contribution in [0.1, 0.15) is 12.5 Å². The van der Waals surface area contributed by atoms with Gasteiger partial charge in [0.2, 0.25) is 0 Å². The summed E-state index contributed by atoms with van der Waals surface area (Å²) in [7, 11) is 1.73. The van der Waals surface area contributed by atoms with Gasteiger partial charge in [0.15, 0.2) is 0 Å². The molecular weight excluding hydrogens is 210 g/mol. The maximum absolute atomic E-state index is 5.12. The predicted octanol–water partition coefficient (Wildman–Crippen LogP) is 2.96. The molecule has 2 heteroatoms. The van der Waals surface area contributed by atoms with Crippen LogP contribution in [0.15, 0.2) is 42.5 Å². The zero-order valence-corrected chi connectivity index (χ0v) is 10.4. The number of methoxy groups -OCH3 is 1. The Hall–Kier alpha value is -1.38. The number of ether oxygens (including phenoxy) is 1. The van der Waals surface area contributed by atoms with Crippen molar-refractivity contribution in [3.63, 3.8) is 0 Å². The summed E-state index contributed by atoms with van der Waals surface area (Å²) in [6, 6.07) is 15.3. The average molecular weight is 229 g/mol. The third kappa shape index (κ3) is 3.05. The van der Waals surface area contributed by atoms with Crippen LogP contribution in [-0.4, -0.2) is 19.8 Å². The molecule has 2 aromatic rings. The Morgan fingerprint density at radius 3 is 2.71 bits per heavy atom. The number of benzene rings is 2. The van der Waals surface area contributed by atoms with Crippen LogP contribution in [0.4, 0.5) is 0 Å². The number of fused-ring (bicyclic) bond motifs is 1. The third-order valence-corrected chi connectivity index (χ3v) is 2.94. The molecule has 0 radical (unpaired) electrons. The Morgan fingerprint density at radius 2 is 1.88 bits per heavy atom. The van der Waals surface area contributed by atoms with E-state index in [2.05, 4.69) is 54.7 Å². The second-order valence-electron chi connectivity index (χ2n) is 4.38. The predicted molar refractivity (Wildman–Crippen MR) is 72.1 cm³/mol. The molecule has 0 saturated heterocycles. The molecule has 0 aliphatic carbocycles. The molecule has 0 heterocycles. The average Bonchev–Trinajstić information content (AvgIpc) is 2.36. The zero-order valence-electron chi connectivity index (χ0n) is 10.4. The first-order valence-electron chi connectivity index (χ1n) is 6.00. The van der Waals surface area contributed by atoms with Crippen LogP contribution < -0.4 is 5.32 Å². The largest absolute Gasteiger partial charge is 0.383 e. The molecule has 90 valence electrons. The Morgan fingerprint density at radius 1 is 1.12 bits per heavy atom. The van der Waals surface area contributed by atoms with Crippen molar-refractivity contribution in [2.24, 2.45) is 0 Å². The number of rotatable bonds is 5. The molecule has 0 fully saturated rings. The van der Waals surface area contributed by atoms with E-state index in [1.165, 1.54) is 16.3 Å². The molecule has 17 heavy (non-hydrogen) atoms. The van der Waals surface area contributed by atoms with Crippen LogP contribution in [0.3, 0.4) is 0 Å². The SMILES string of the molecule is COC[C@@H](C)NCc1cccc2ccccc12. The van der Waals surface area contributed by atoms with E-state index in [0.29, 0.717) is 6.04 Å². The first-order valence-corrected chi connectivity index (χ1v) is 6.00. The monoisotopic (exact) mass is 229 g/mol. The van der Waals surface area contributed by atoms with E-state index in [-0.39, 0.29) is 0 Å². The van der Waals surface area contributed by atoms with Gasteiger partial charge in [0.1, 0.15) is 0 Å². The van der Waals surface area contributed by atoms with Gasteiger partial charge in [-0.1, -0.05) is 42.5 Å². The van der Waals surface area contributed by atoms with Crippen LogP contribution >= 0.6 is 0 Å². The molecule has 2 nitrogen and oxygen atoms in total. The number of hydrogen-bond acceptors (Lipinski definition) is 2. The molecule has 0 aromatic heterocycles. The van der Waals surface area contributed by atoms with E-state index in [0.717, 1.165) is 13.2 Å². The Kier molecular flexibility index (Phi) is 4.13. The van der Waals surface area contributed by atoms with E-state index in [4.69, 9.17) is 4.74 Å². The summed E-state index contributed by atoms with van der Waals surface area (Å²) >= 11 is 0. The lowest BCUT2D eigenvalue weighted by molar-refractivity contribution is 0.172. The van der Waals surface area contributed by atoms with E-state index >= 15 is 0 Å². The molecule has 0 amide bonds. The van der Waals surface area contributed by atoms with Crippen molar-refractivity contribution in [1.82, 2.24) is 5.32 Å². The van der Waals surface area contributed by atoms with E-state index in [1.807, 2.05) is 0 Å². The molecule has 0 bridgehead atoms. The fourth-order valence-corrected chi connectivity index (χ4v) is 2.04. The van der Waals surface area contributed by atoms with Crippen molar-refractivity contribution in [3.05, 3.63) is 48.0 Å². The van der Waals surface area contributed by atoms with E-state index in [9.17, 15) is 0 Å². The molecule has 0 unspecified atom stereocenters. The summed E-state index contributed by atoms with van der Waals surface area (Å²) in [6.45, 7) is 3.76. The van der Waals surface area contributed by atoms with Gasteiger partial charge in [-0.05, 0) is 23.3 Å². The lowest BCUT2D eigenvalue weighted by Crippen LogP contribution is -2.29. The van der Waals surface area contributed by atoms with Gasteiger partial charge in [-0.15, -0.1) is 0 Å². The van der Waals surface area contributed by atoms with Crippen LogP contribution in [0, 0.1) is 0 Å². The second-order valence-corrected chi connectivity index (χ2v) is 4.38. The van der Waals surface area contributed by atoms with Crippen molar-refractivity contribution < 1.29 is 4.74 Å². The standard InChI is InChI=1S/C15H19NO/c1-12(11-17-2)16-10-14-8-5-7-13-6-3-4-9-15(13)14/h3-9,12,16H,10-11H2,1-2H3/t12-/m1/s1. The van der Waals surface area contributed by atoms with Gasteiger partial charge in [0.25, 0.3) is 0 Å². The summed E-state index contributed by atoms with van der Waals surface area (Å²) in [4.78, 5) is 0. The van der Waals surface area contributed by atoms with Crippen LogP contribution in [0.25, 0.3) is 10.8 Å². The highest BCUT2D eigenvalue weighted by Crippen LogP contribution is 2.18. The summed E-state index contributed by atoms with van der Waals surface area (Å²) in [5, 5.41) is 6.09. The van der Waals surface area contributed by atoms with Gasteiger partial charge in [-0.25, -0.2) is 0 Å². The van der Waals surface area contributed by atoms with Gasteiger partial charge in [0.05, 0.1) is 6.61 Å². The molecule has 1 N–H and O–H groups in total. The fourth-order valence-electron chi connectivity index (χ4n) is 2.04. The van der Waals surface area contributed by atoms with Crippen molar-refractivity contribution in [3.8, 4) is 0 Å². The minimum atomic E-state index is 0.374. The topological polar surface area (TPSA) is 21.3 Å². The lowest BCUT2D eigenvalue weighted by atomic mass is 10.0. The van der Waals surface area contributed by atoms with Gasteiger partial charge in [-0.2, -0.15) is 0 Å². The molecular formula is C15H19NO. The first-order chi connectivity index (χ1) is 8.31. The van der Waals surface area contributed by atoms with E-state index in [1.54, 1.807) is 7.11 Å². The Balaban J connectivity index is 2.13. The van der Waals surface area contributed by atoms with Crippen LogP contribution in [-0.2, 0) is 11.3 Å². The van der Waals surface area contributed by atoms with Crippen molar-refractivity contribution >= 4 is 10.8 Å². The fraction of sp³-hybridized carbons (Fsp3) is 0.333. The van der Waals surface area contributed by atoms with Gasteiger partial charge in [-0.3, -0.25) is 0 Å². The molecule has 0 saturated carbocycles. The smallest absolute Gasteiger partial charge is 0.0613 e. The Bertz CT molecular complexity index is 476. The number of hydrogen-bond donors (Lipinski definition) is 1. The minimum Gasteiger partial charge on any atom is -0.383 e. The van der Waals surface area contributed by atoms with Crippen molar-refractivity contribution in [1.29, 1.82) is 0 Å². The molecule has 2 aromatic carbocycles. The summed E-state index contributed by atoms with van der Waals surface area (Å²) in [6.07, 6.45) is 0. The second kappa shape index (κ2) is 5.80. The normalized spacial score (nSPS) is 12.8. The highest BCUT2D eigenvalue weighted by atomic mass is 16.5. The summed E-state index contributed by atoms with van der Waals surface area (Å²) in [5.74, 6) is 0. The first kappa shape index (κ1) is 12.1. The van der Waals surface area contributed by atoms with E-state index < -0.39 is 0 Å². The summed E-state index contributed by atoms with van der Waals surface area (Å²) in [5.41, 5.74) is 1.34. The van der Waals surface area contributed by atoms with Crippen LogP contribution in [0.2, 0.25) is 0 Å². The lowest BCUT2D eigenvalue weighted by Gasteiger charge is -2.13. The highest BCUT2D eigenvalue weighted by Gasteiger charge is 2.03. The van der Waals surface area contributed by atoms with Crippen molar-refractivity contribution in [2.75, 3.05) is 13.7 Å². The van der Waals surface area contributed by atoms with Gasteiger partial charge >= 0.3 is 0 Å². The quantitative estimate of drug-likeness (QED) is 0.851. The Labute approximate surface area is 103 Å². The van der Waals surface area contributed by atoms with Gasteiger partial charge in [0, 0.05) is 19.7 Å².